The SMILES string of the molecule is O=C(c1cccc(Br)c1)N1CC(Cn2cncn2)C1. The predicted octanol–water partition coefficient (Wildman–Crippen LogP) is 1.81. The summed E-state index contributed by atoms with van der Waals surface area (Å²) in [5.74, 6) is 0.564. The Morgan fingerprint density at radius 2 is 2.26 bits per heavy atom. The van der Waals surface area contributed by atoms with E-state index < -0.39 is 0 Å². The summed E-state index contributed by atoms with van der Waals surface area (Å²) in [5.41, 5.74) is 0.730. The third-order valence-corrected chi connectivity index (χ3v) is 3.72. The Morgan fingerprint density at radius 1 is 1.42 bits per heavy atom. The first kappa shape index (κ1) is 12.3. The van der Waals surface area contributed by atoms with Crippen LogP contribution in [-0.4, -0.2) is 38.7 Å². The minimum absolute atomic E-state index is 0.0936. The van der Waals surface area contributed by atoms with E-state index >= 15 is 0 Å². The Kier molecular flexibility index (Phi) is 3.33. The summed E-state index contributed by atoms with van der Waals surface area (Å²) in [6, 6.07) is 7.50. The Morgan fingerprint density at radius 3 is 2.95 bits per heavy atom. The summed E-state index contributed by atoms with van der Waals surface area (Å²) in [6.07, 6.45) is 3.24. The highest BCUT2D eigenvalue weighted by Gasteiger charge is 2.31. The topological polar surface area (TPSA) is 51.0 Å². The van der Waals surface area contributed by atoms with E-state index in [1.807, 2.05) is 33.8 Å². The van der Waals surface area contributed by atoms with Crippen LogP contribution >= 0.6 is 15.9 Å². The van der Waals surface area contributed by atoms with Crippen molar-refractivity contribution in [2.45, 2.75) is 6.54 Å². The zero-order valence-electron chi connectivity index (χ0n) is 10.2. The Labute approximate surface area is 119 Å². The number of rotatable bonds is 3. The van der Waals surface area contributed by atoms with Gasteiger partial charge in [-0.3, -0.25) is 9.48 Å². The molecule has 5 nitrogen and oxygen atoms in total. The number of aromatic nitrogens is 3. The number of nitrogens with zero attached hydrogens (tertiary/aromatic N) is 4. The number of benzene rings is 1. The summed E-state index contributed by atoms with van der Waals surface area (Å²) >= 11 is 3.38. The first-order valence-corrected chi connectivity index (χ1v) is 6.89. The normalized spacial score (nSPS) is 15.3. The standard InChI is InChI=1S/C13H13BrN4O/c14-12-3-1-2-11(4-12)13(19)17-5-10(6-17)7-18-9-15-8-16-18/h1-4,8-10H,5-7H2. The van der Waals surface area contributed by atoms with Crippen LogP contribution in [0.2, 0.25) is 0 Å². The molecule has 2 aromatic rings. The molecule has 0 spiro atoms. The zero-order chi connectivity index (χ0) is 13.2. The van der Waals surface area contributed by atoms with Crippen LogP contribution in [0.5, 0.6) is 0 Å². The molecule has 0 saturated carbocycles. The van der Waals surface area contributed by atoms with Crippen LogP contribution < -0.4 is 0 Å². The highest BCUT2D eigenvalue weighted by Crippen LogP contribution is 2.21. The Bertz CT molecular complexity index is 578. The van der Waals surface area contributed by atoms with Crippen LogP contribution in [-0.2, 0) is 6.54 Å². The average molecular weight is 321 g/mol. The van der Waals surface area contributed by atoms with Gasteiger partial charge in [-0.15, -0.1) is 0 Å². The summed E-state index contributed by atoms with van der Waals surface area (Å²) in [4.78, 5) is 18.0. The van der Waals surface area contributed by atoms with Crippen molar-refractivity contribution in [2.75, 3.05) is 13.1 Å². The van der Waals surface area contributed by atoms with Crippen molar-refractivity contribution in [2.24, 2.45) is 5.92 Å². The lowest BCUT2D eigenvalue weighted by Crippen LogP contribution is -2.51. The van der Waals surface area contributed by atoms with Gasteiger partial charge in [0.25, 0.3) is 5.91 Å². The van der Waals surface area contributed by atoms with E-state index in [0.29, 0.717) is 5.92 Å². The first-order chi connectivity index (χ1) is 9.22. The van der Waals surface area contributed by atoms with Gasteiger partial charge in [0.1, 0.15) is 12.7 Å². The molecule has 3 rings (SSSR count). The van der Waals surface area contributed by atoms with Crippen LogP contribution in [0.15, 0.2) is 41.4 Å². The Hall–Kier alpha value is -1.69. The van der Waals surface area contributed by atoms with Gasteiger partial charge >= 0.3 is 0 Å². The maximum Gasteiger partial charge on any atom is 0.253 e. The first-order valence-electron chi connectivity index (χ1n) is 6.09. The molecule has 2 heterocycles. The van der Waals surface area contributed by atoms with Crippen LogP contribution in [0.4, 0.5) is 0 Å². The van der Waals surface area contributed by atoms with E-state index in [-0.39, 0.29) is 5.91 Å². The van der Waals surface area contributed by atoms with Gasteiger partial charge in [-0.2, -0.15) is 5.10 Å². The second-order valence-corrected chi connectivity index (χ2v) is 5.62. The van der Waals surface area contributed by atoms with Gasteiger partial charge in [0.15, 0.2) is 0 Å². The lowest BCUT2D eigenvalue weighted by atomic mass is 9.99. The van der Waals surface area contributed by atoms with Gasteiger partial charge in [-0.05, 0) is 18.2 Å². The van der Waals surface area contributed by atoms with Crippen molar-refractivity contribution < 1.29 is 4.79 Å². The van der Waals surface area contributed by atoms with Crippen LogP contribution in [0.1, 0.15) is 10.4 Å². The van der Waals surface area contributed by atoms with Crippen molar-refractivity contribution in [3.63, 3.8) is 0 Å². The molecule has 1 aliphatic heterocycles. The minimum Gasteiger partial charge on any atom is -0.338 e. The molecule has 0 unspecified atom stereocenters. The lowest BCUT2D eigenvalue weighted by Gasteiger charge is -2.39. The third kappa shape index (κ3) is 2.68. The predicted molar refractivity (Wildman–Crippen MR) is 73.6 cm³/mol. The maximum atomic E-state index is 12.2. The number of carbonyl (C=O) groups excluding carboxylic acids is 1. The van der Waals surface area contributed by atoms with Gasteiger partial charge in [-0.1, -0.05) is 22.0 Å². The fourth-order valence-electron chi connectivity index (χ4n) is 2.25. The average Bonchev–Trinajstić information content (AvgIpc) is 2.85. The van der Waals surface area contributed by atoms with E-state index in [1.54, 1.807) is 6.33 Å². The minimum atomic E-state index is 0.0936. The molecule has 0 atom stereocenters. The van der Waals surface area contributed by atoms with E-state index in [0.717, 1.165) is 29.7 Å². The number of hydrogen-bond acceptors (Lipinski definition) is 3. The smallest absolute Gasteiger partial charge is 0.253 e. The second kappa shape index (κ2) is 5.13. The molecule has 1 aliphatic rings. The van der Waals surface area contributed by atoms with Gasteiger partial charge in [0.05, 0.1) is 0 Å². The fraction of sp³-hybridized carbons (Fsp3) is 0.308. The monoisotopic (exact) mass is 320 g/mol. The summed E-state index contributed by atoms with van der Waals surface area (Å²) in [7, 11) is 0. The third-order valence-electron chi connectivity index (χ3n) is 3.23. The van der Waals surface area contributed by atoms with E-state index in [9.17, 15) is 4.79 Å². The molecular weight excluding hydrogens is 308 g/mol. The molecule has 1 aromatic heterocycles. The highest BCUT2D eigenvalue weighted by molar-refractivity contribution is 9.10. The van der Waals surface area contributed by atoms with Gasteiger partial charge in [-0.25, -0.2) is 4.98 Å². The number of halogens is 1. The quantitative estimate of drug-likeness (QED) is 0.866. The molecule has 0 aliphatic carbocycles. The van der Waals surface area contributed by atoms with Gasteiger partial charge < -0.3 is 4.90 Å². The molecule has 1 fully saturated rings. The Balaban J connectivity index is 1.57. The number of amides is 1. The molecule has 1 saturated heterocycles. The molecule has 19 heavy (non-hydrogen) atoms. The summed E-state index contributed by atoms with van der Waals surface area (Å²) in [6.45, 7) is 2.39. The highest BCUT2D eigenvalue weighted by atomic mass is 79.9. The molecule has 0 bridgehead atoms. The largest absolute Gasteiger partial charge is 0.338 e. The molecular formula is C13H13BrN4O. The van der Waals surface area contributed by atoms with Crippen molar-refractivity contribution in [3.05, 3.63) is 47.0 Å². The second-order valence-electron chi connectivity index (χ2n) is 4.70. The van der Waals surface area contributed by atoms with Crippen LogP contribution in [0.3, 0.4) is 0 Å². The molecule has 0 radical (unpaired) electrons. The van der Waals surface area contributed by atoms with Crippen molar-refractivity contribution in [3.8, 4) is 0 Å². The van der Waals surface area contributed by atoms with Crippen molar-refractivity contribution in [1.82, 2.24) is 19.7 Å². The molecule has 0 N–H and O–H groups in total. The molecule has 1 amide bonds. The number of likely N-dealkylation sites (tertiary alicyclic amines) is 1. The number of hydrogen-bond donors (Lipinski definition) is 0. The molecule has 1 aromatic carbocycles. The zero-order valence-corrected chi connectivity index (χ0v) is 11.8. The van der Waals surface area contributed by atoms with Crippen LogP contribution in [0.25, 0.3) is 0 Å². The van der Waals surface area contributed by atoms with E-state index in [2.05, 4.69) is 26.0 Å². The van der Waals surface area contributed by atoms with Crippen LogP contribution in [0, 0.1) is 5.92 Å². The van der Waals surface area contributed by atoms with Gasteiger partial charge in [0.2, 0.25) is 0 Å². The van der Waals surface area contributed by atoms with E-state index in [1.165, 1.54) is 6.33 Å². The summed E-state index contributed by atoms with van der Waals surface area (Å²) < 4.78 is 2.74. The van der Waals surface area contributed by atoms with Crippen molar-refractivity contribution >= 4 is 21.8 Å². The summed E-state index contributed by atoms with van der Waals surface area (Å²) in [5, 5.41) is 4.07. The van der Waals surface area contributed by atoms with E-state index in [4.69, 9.17) is 0 Å². The fourth-order valence-corrected chi connectivity index (χ4v) is 2.65. The molecule has 6 heteroatoms. The maximum absolute atomic E-state index is 12.2. The lowest BCUT2D eigenvalue weighted by molar-refractivity contribution is 0.0461. The number of carbonyl (C=O) groups is 1. The van der Waals surface area contributed by atoms with Gasteiger partial charge in [0, 0.05) is 35.6 Å². The van der Waals surface area contributed by atoms with Crippen molar-refractivity contribution in [1.29, 1.82) is 0 Å². The molecule has 98 valence electrons.